The maximum atomic E-state index is 3.30. The van der Waals surface area contributed by atoms with Crippen LogP contribution in [-0.4, -0.2) is 0 Å². The van der Waals surface area contributed by atoms with Gasteiger partial charge in [0.1, 0.15) is 0 Å². The zero-order chi connectivity index (χ0) is 14.9. The van der Waals surface area contributed by atoms with Gasteiger partial charge in [-0.1, -0.05) is 58.0 Å². The molecule has 0 aliphatic rings. The Morgan fingerprint density at radius 2 is 1.55 bits per heavy atom. The first-order valence-corrected chi connectivity index (χ1v) is 7.54. The average Bonchev–Trinajstić information content (AvgIpc) is 2.40. The molecular weight excluding hydrogens is 240 g/mol. The molecule has 0 N–H and O–H groups in total. The summed E-state index contributed by atoms with van der Waals surface area (Å²) in [7, 11) is 0. The molecule has 20 heavy (non-hydrogen) atoms. The van der Waals surface area contributed by atoms with E-state index in [0.717, 1.165) is 0 Å². The van der Waals surface area contributed by atoms with Crippen LogP contribution >= 0.6 is 0 Å². The first-order chi connectivity index (χ1) is 9.43. The van der Waals surface area contributed by atoms with Crippen molar-refractivity contribution < 1.29 is 0 Å². The Morgan fingerprint density at radius 3 is 2.15 bits per heavy atom. The first kappa shape index (κ1) is 14.8. The molecule has 2 rings (SSSR count). The van der Waals surface area contributed by atoms with Crippen molar-refractivity contribution in [3.63, 3.8) is 0 Å². The van der Waals surface area contributed by atoms with E-state index in [0.29, 0.717) is 11.8 Å². The molecule has 0 spiro atoms. The molecular formula is C20H25. The van der Waals surface area contributed by atoms with E-state index in [9.17, 15) is 0 Å². The molecule has 0 bridgehead atoms. The Morgan fingerprint density at radius 1 is 0.850 bits per heavy atom. The van der Waals surface area contributed by atoms with Crippen LogP contribution in [0.15, 0.2) is 30.3 Å². The Balaban J connectivity index is 2.74. The van der Waals surface area contributed by atoms with Crippen molar-refractivity contribution in [2.24, 2.45) is 0 Å². The summed E-state index contributed by atoms with van der Waals surface area (Å²) in [5.41, 5.74) is 8.30. The fraction of sp³-hybridized carbons (Fsp3) is 0.400. The lowest BCUT2D eigenvalue weighted by molar-refractivity contribution is 0.792. The topological polar surface area (TPSA) is 0 Å². The molecule has 1 radical (unpaired) electrons. The minimum Gasteiger partial charge on any atom is -0.0613 e. The summed E-state index contributed by atoms with van der Waals surface area (Å²) in [5.74, 6) is 1.09. The van der Waals surface area contributed by atoms with Gasteiger partial charge in [0.2, 0.25) is 0 Å². The van der Waals surface area contributed by atoms with Crippen molar-refractivity contribution in [3.8, 4) is 11.1 Å². The summed E-state index contributed by atoms with van der Waals surface area (Å²) in [5, 5.41) is 0. The third-order valence-electron chi connectivity index (χ3n) is 4.15. The van der Waals surface area contributed by atoms with E-state index in [2.05, 4.69) is 71.9 Å². The maximum absolute atomic E-state index is 3.30. The van der Waals surface area contributed by atoms with Crippen LogP contribution in [0.3, 0.4) is 0 Å². The second-order valence-corrected chi connectivity index (χ2v) is 6.26. The van der Waals surface area contributed by atoms with Gasteiger partial charge in [-0.2, -0.15) is 0 Å². The zero-order valence-corrected chi connectivity index (χ0v) is 13.5. The monoisotopic (exact) mass is 265 g/mol. The summed E-state index contributed by atoms with van der Waals surface area (Å²) < 4.78 is 0. The minimum absolute atomic E-state index is 0.535. The van der Waals surface area contributed by atoms with Crippen LogP contribution in [0.2, 0.25) is 0 Å². The van der Waals surface area contributed by atoms with E-state index in [1.165, 1.54) is 33.4 Å². The largest absolute Gasteiger partial charge is 0.0613 e. The highest BCUT2D eigenvalue weighted by Crippen LogP contribution is 2.36. The van der Waals surface area contributed by atoms with Gasteiger partial charge in [0.15, 0.2) is 0 Å². The molecule has 0 aliphatic carbocycles. The number of aryl methyl sites for hydroxylation is 1. The highest BCUT2D eigenvalue weighted by molar-refractivity contribution is 5.73. The number of rotatable bonds is 3. The Kier molecular flexibility index (Phi) is 4.32. The average molecular weight is 265 g/mol. The fourth-order valence-electron chi connectivity index (χ4n) is 2.94. The quantitative estimate of drug-likeness (QED) is 0.636. The van der Waals surface area contributed by atoms with Gasteiger partial charge in [-0.25, -0.2) is 0 Å². The molecule has 0 heterocycles. The highest BCUT2D eigenvalue weighted by atomic mass is 14.2. The normalized spacial score (nSPS) is 11.4. The van der Waals surface area contributed by atoms with Crippen molar-refractivity contribution in [1.29, 1.82) is 0 Å². The van der Waals surface area contributed by atoms with Crippen LogP contribution in [0.4, 0.5) is 0 Å². The third kappa shape index (κ3) is 2.65. The van der Waals surface area contributed by atoms with Crippen molar-refractivity contribution in [2.75, 3.05) is 0 Å². The Bertz CT molecular complexity index is 603. The molecule has 0 heteroatoms. The van der Waals surface area contributed by atoms with E-state index in [4.69, 9.17) is 0 Å². The molecule has 0 fully saturated rings. The standard InChI is InChI=1S/C20H25/c1-13(2)17-10-8-12-19(20(17)14(3)4)18-11-7-9-15(5)16(18)6/h7-8,10-14H,1-6H3. The minimum atomic E-state index is 0.535. The van der Waals surface area contributed by atoms with E-state index < -0.39 is 0 Å². The van der Waals surface area contributed by atoms with Crippen LogP contribution in [-0.2, 0) is 0 Å². The van der Waals surface area contributed by atoms with Crippen LogP contribution < -0.4 is 0 Å². The predicted molar refractivity (Wildman–Crippen MR) is 88.4 cm³/mol. The molecule has 0 atom stereocenters. The lowest BCUT2D eigenvalue weighted by Gasteiger charge is -2.21. The van der Waals surface area contributed by atoms with E-state index in [-0.39, 0.29) is 0 Å². The number of benzene rings is 2. The van der Waals surface area contributed by atoms with Gasteiger partial charge in [0.25, 0.3) is 0 Å². The van der Waals surface area contributed by atoms with Crippen molar-refractivity contribution >= 4 is 0 Å². The molecule has 0 saturated heterocycles. The highest BCUT2D eigenvalue weighted by Gasteiger charge is 2.16. The molecule has 2 aromatic carbocycles. The lowest BCUT2D eigenvalue weighted by Crippen LogP contribution is -2.02. The van der Waals surface area contributed by atoms with Crippen molar-refractivity contribution in [1.82, 2.24) is 0 Å². The summed E-state index contributed by atoms with van der Waals surface area (Å²) in [4.78, 5) is 0. The lowest BCUT2D eigenvalue weighted by atomic mass is 9.83. The van der Waals surface area contributed by atoms with E-state index >= 15 is 0 Å². The molecule has 0 aromatic heterocycles. The number of hydrogen-bond donors (Lipinski definition) is 0. The van der Waals surface area contributed by atoms with Crippen LogP contribution in [0.1, 0.15) is 61.8 Å². The second kappa shape index (κ2) is 5.83. The Hall–Kier alpha value is -1.56. The van der Waals surface area contributed by atoms with Crippen molar-refractivity contribution in [2.45, 2.75) is 53.4 Å². The predicted octanol–water partition coefficient (Wildman–Crippen LogP) is 6.02. The zero-order valence-electron chi connectivity index (χ0n) is 13.5. The molecule has 0 aliphatic heterocycles. The second-order valence-electron chi connectivity index (χ2n) is 6.26. The number of hydrogen-bond acceptors (Lipinski definition) is 0. The van der Waals surface area contributed by atoms with Crippen LogP contribution in [0, 0.1) is 19.9 Å². The maximum Gasteiger partial charge on any atom is -0.0144 e. The molecule has 0 nitrogen and oxygen atoms in total. The van der Waals surface area contributed by atoms with Gasteiger partial charge in [0.05, 0.1) is 0 Å². The summed E-state index contributed by atoms with van der Waals surface area (Å²) in [6, 6.07) is 14.3. The van der Waals surface area contributed by atoms with Gasteiger partial charge in [0, 0.05) is 0 Å². The van der Waals surface area contributed by atoms with Gasteiger partial charge in [-0.15, -0.1) is 0 Å². The Labute approximate surface area is 123 Å². The summed E-state index contributed by atoms with van der Waals surface area (Å²) in [6.07, 6.45) is 0. The fourth-order valence-corrected chi connectivity index (χ4v) is 2.94. The molecule has 0 unspecified atom stereocenters. The summed E-state index contributed by atoms with van der Waals surface area (Å²) >= 11 is 0. The van der Waals surface area contributed by atoms with Crippen molar-refractivity contribution in [3.05, 3.63) is 58.7 Å². The molecule has 0 amide bonds. The van der Waals surface area contributed by atoms with E-state index in [1.54, 1.807) is 0 Å². The SMILES string of the molecule is Cc1[c]ccc(-c2cccc(C(C)C)c2C(C)C)c1C. The first-order valence-electron chi connectivity index (χ1n) is 7.54. The van der Waals surface area contributed by atoms with E-state index in [1.807, 2.05) is 6.07 Å². The smallest absolute Gasteiger partial charge is 0.0144 e. The third-order valence-corrected chi connectivity index (χ3v) is 4.15. The van der Waals surface area contributed by atoms with Gasteiger partial charge in [-0.05, 0) is 65.1 Å². The van der Waals surface area contributed by atoms with Crippen LogP contribution in [0.5, 0.6) is 0 Å². The summed E-state index contributed by atoms with van der Waals surface area (Å²) in [6.45, 7) is 13.5. The molecule has 105 valence electrons. The van der Waals surface area contributed by atoms with Gasteiger partial charge >= 0.3 is 0 Å². The van der Waals surface area contributed by atoms with Crippen LogP contribution in [0.25, 0.3) is 11.1 Å². The van der Waals surface area contributed by atoms with Gasteiger partial charge < -0.3 is 0 Å². The van der Waals surface area contributed by atoms with Gasteiger partial charge in [-0.3, -0.25) is 0 Å². The molecule has 2 aromatic rings. The molecule has 0 saturated carbocycles.